The van der Waals surface area contributed by atoms with E-state index in [9.17, 15) is 14.4 Å². The predicted molar refractivity (Wildman–Crippen MR) is 148 cm³/mol. The van der Waals surface area contributed by atoms with Gasteiger partial charge in [-0.1, -0.05) is 30.0 Å². The van der Waals surface area contributed by atoms with Gasteiger partial charge in [-0.25, -0.2) is 9.78 Å². The maximum absolute atomic E-state index is 13.5. The number of ether oxygens (including phenoxy) is 1. The van der Waals surface area contributed by atoms with Crippen molar-refractivity contribution < 1.29 is 19.1 Å². The summed E-state index contributed by atoms with van der Waals surface area (Å²) < 4.78 is 5.97. The van der Waals surface area contributed by atoms with Crippen molar-refractivity contribution in [2.75, 3.05) is 4.90 Å². The standard InChI is InChI=1S/C29H29N5O4S/c1-16-15-19(38-18-7-4-3-5-8-18)11-12-22(16)34-23-13-14-30-28-24(23)25(33-29(34)37)26(39-28)27(36)32-21-10-6-9-20(21)31-17(2)35/h3-5,7-8,11-15,20-21,25-26H,6,9-10H2,1-2H3,(H,31,35)(H,32,36)(H,33,37)/t20-,21+,25?,26?/m0/s1. The number of aryl methyl sites for hydroxylation is 1. The number of carbonyl (C=O) groups is 3. The van der Waals surface area contributed by atoms with Crippen molar-refractivity contribution >= 4 is 41.0 Å². The number of aromatic nitrogens is 1. The van der Waals surface area contributed by atoms with Crippen LogP contribution in [-0.4, -0.2) is 40.2 Å². The Kier molecular flexibility index (Phi) is 6.64. The van der Waals surface area contributed by atoms with Gasteiger partial charge in [0.15, 0.2) is 0 Å². The second-order valence-electron chi connectivity index (χ2n) is 10.1. The minimum absolute atomic E-state index is 0.0813. The summed E-state index contributed by atoms with van der Waals surface area (Å²) in [6.45, 7) is 3.43. The third-order valence-corrected chi connectivity index (χ3v) is 8.67. The molecule has 9 nitrogen and oxygen atoms in total. The molecule has 39 heavy (non-hydrogen) atoms. The first-order valence-corrected chi connectivity index (χ1v) is 13.9. The van der Waals surface area contributed by atoms with Gasteiger partial charge in [0.25, 0.3) is 0 Å². The van der Waals surface area contributed by atoms with Gasteiger partial charge in [-0.2, -0.15) is 0 Å². The smallest absolute Gasteiger partial charge is 0.327 e. The van der Waals surface area contributed by atoms with Crippen LogP contribution in [0, 0.1) is 6.92 Å². The fraction of sp³-hybridized carbons (Fsp3) is 0.310. The number of amides is 4. The summed E-state index contributed by atoms with van der Waals surface area (Å²) in [6.07, 6.45) is 4.25. The van der Waals surface area contributed by atoms with Crippen LogP contribution in [0.4, 0.5) is 16.2 Å². The number of nitrogens with zero attached hydrogens (tertiary/aromatic N) is 2. The number of pyridine rings is 1. The van der Waals surface area contributed by atoms with E-state index in [1.807, 2.05) is 61.5 Å². The first kappa shape index (κ1) is 25.2. The fourth-order valence-electron chi connectivity index (χ4n) is 5.66. The number of para-hydroxylation sites is 1. The first-order chi connectivity index (χ1) is 18.9. The Hall–Kier alpha value is -4.05. The zero-order valence-electron chi connectivity index (χ0n) is 21.6. The molecule has 4 amide bonds. The van der Waals surface area contributed by atoms with Crippen molar-refractivity contribution in [2.24, 2.45) is 0 Å². The van der Waals surface area contributed by atoms with Crippen LogP contribution in [0.2, 0.25) is 0 Å². The summed E-state index contributed by atoms with van der Waals surface area (Å²) in [5.74, 6) is 1.14. The molecule has 3 aliphatic rings. The Morgan fingerprint density at radius 1 is 1.03 bits per heavy atom. The highest BCUT2D eigenvalue weighted by Crippen LogP contribution is 2.51. The molecule has 0 radical (unpaired) electrons. The molecular formula is C29H29N5O4S. The quantitative estimate of drug-likeness (QED) is 0.414. The zero-order chi connectivity index (χ0) is 27.1. The SMILES string of the molecule is CC(=O)N[C@H]1CCC[C@H]1NC(=O)C1Sc2nccc3c2C1NC(=O)N3c1ccc(Oc2ccccc2)cc1C. The van der Waals surface area contributed by atoms with Gasteiger partial charge < -0.3 is 20.7 Å². The van der Waals surface area contributed by atoms with Crippen LogP contribution < -0.4 is 25.6 Å². The van der Waals surface area contributed by atoms with Crippen LogP contribution >= 0.6 is 11.8 Å². The third-order valence-electron chi connectivity index (χ3n) is 7.38. The normalized spacial score (nSPS) is 23.1. The molecule has 2 aromatic carbocycles. The van der Waals surface area contributed by atoms with Crippen LogP contribution in [-0.2, 0) is 9.59 Å². The van der Waals surface area contributed by atoms with E-state index >= 15 is 0 Å². The largest absolute Gasteiger partial charge is 0.457 e. The summed E-state index contributed by atoms with van der Waals surface area (Å²) >= 11 is 1.36. The molecule has 3 heterocycles. The Balaban J connectivity index is 1.25. The van der Waals surface area contributed by atoms with Crippen molar-refractivity contribution in [1.82, 2.24) is 20.9 Å². The Labute approximate surface area is 230 Å². The van der Waals surface area contributed by atoms with E-state index in [2.05, 4.69) is 20.9 Å². The van der Waals surface area contributed by atoms with Gasteiger partial charge in [0.1, 0.15) is 21.8 Å². The van der Waals surface area contributed by atoms with E-state index < -0.39 is 11.3 Å². The molecular weight excluding hydrogens is 514 g/mol. The highest BCUT2D eigenvalue weighted by atomic mass is 32.2. The van der Waals surface area contributed by atoms with Crippen molar-refractivity contribution in [3.05, 3.63) is 71.9 Å². The van der Waals surface area contributed by atoms with Gasteiger partial charge in [-0.05, 0) is 68.1 Å². The van der Waals surface area contributed by atoms with Crippen LogP contribution in [0.1, 0.15) is 43.4 Å². The lowest BCUT2D eigenvalue weighted by atomic mass is 9.99. The summed E-state index contributed by atoms with van der Waals surface area (Å²) in [7, 11) is 0. The fourth-order valence-corrected chi connectivity index (χ4v) is 6.90. The lowest BCUT2D eigenvalue weighted by molar-refractivity contribution is -0.123. The number of carbonyl (C=O) groups excluding carboxylic acids is 3. The molecule has 6 rings (SSSR count). The van der Waals surface area contributed by atoms with Gasteiger partial charge >= 0.3 is 6.03 Å². The second-order valence-corrected chi connectivity index (χ2v) is 11.2. The van der Waals surface area contributed by atoms with Crippen LogP contribution in [0.15, 0.2) is 65.8 Å². The molecule has 1 aliphatic carbocycles. The van der Waals surface area contributed by atoms with E-state index in [0.29, 0.717) is 11.4 Å². The minimum atomic E-state index is -0.555. The predicted octanol–water partition coefficient (Wildman–Crippen LogP) is 4.73. The maximum atomic E-state index is 13.5. The van der Waals surface area contributed by atoms with Gasteiger partial charge in [0.2, 0.25) is 11.8 Å². The summed E-state index contributed by atoms with van der Waals surface area (Å²) in [5, 5.41) is 9.32. The van der Waals surface area contributed by atoms with E-state index in [1.54, 1.807) is 11.1 Å². The molecule has 3 aromatic rings. The number of urea groups is 1. The minimum Gasteiger partial charge on any atom is -0.457 e. The molecule has 0 bridgehead atoms. The summed E-state index contributed by atoms with van der Waals surface area (Å²) in [5.41, 5.74) is 3.15. The molecule has 4 atom stereocenters. The molecule has 1 fully saturated rings. The molecule has 10 heteroatoms. The second kappa shape index (κ2) is 10.3. The number of nitrogens with one attached hydrogen (secondary N) is 3. The first-order valence-electron chi connectivity index (χ1n) is 13.1. The Morgan fingerprint density at radius 3 is 2.54 bits per heavy atom. The highest BCUT2D eigenvalue weighted by molar-refractivity contribution is 8.01. The number of anilines is 2. The number of benzene rings is 2. The maximum Gasteiger partial charge on any atom is 0.327 e. The molecule has 3 N–H and O–H groups in total. The van der Waals surface area contributed by atoms with Gasteiger partial charge in [0, 0.05) is 30.8 Å². The molecule has 1 aromatic heterocycles. The average Bonchev–Trinajstić information content (AvgIpc) is 3.50. The Bertz CT molecular complexity index is 1450. The molecule has 0 saturated heterocycles. The van der Waals surface area contributed by atoms with Crippen LogP contribution in [0.3, 0.4) is 0 Å². The van der Waals surface area contributed by atoms with Crippen molar-refractivity contribution in [3.63, 3.8) is 0 Å². The average molecular weight is 544 g/mol. The topological polar surface area (TPSA) is 113 Å². The third kappa shape index (κ3) is 4.80. The molecule has 2 unspecified atom stereocenters. The van der Waals surface area contributed by atoms with Crippen molar-refractivity contribution in [3.8, 4) is 11.5 Å². The highest BCUT2D eigenvalue weighted by Gasteiger charge is 2.47. The molecule has 1 saturated carbocycles. The molecule has 200 valence electrons. The van der Waals surface area contributed by atoms with Gasteiger partial charge in [-0.15, -0.1) is 0 Å². The number of thioether (sulfide) groups is 1. The van der Waals surface area contributed by atoms with Crippen molar-refractivity contribution in [2.45, 2.75) is 61.5 Å². The van der Waals surface area contributed by atoms with E-state index in [0.717, 1.165) is 46.9 Å². The van der Waals surface area contributed by atoms with E-state index in [4.69, 9.17) is 4.74 Å². The molecule has 0 spiro atoms. The van der Waals surface area contributed by atoms with Gasteiger partial charge in [0.05, 0.1) is 17.4 Å². The molecule has 2 aliphatic heterocycles. The summed E-state index contributed by atoms with van der Waals surface area (Å²) in [4.78, 5) is 44.8. The monoisotopic (exact) mass is 543 g/mol. The lowest BCUT2D eigenvalue weighted by Crippen LogP contribution is -2.53. The Morgan fingerprint density at radius 2 is 1.79 bits per heavy atom. The zero-order valence-corrected chi connectivity index (χ0v) is 22.5. The lowest BCUT2D eigenvalue weighted by Gasteiger charge is -2.35. The summed E-state index contributed by atoms with van der Waals surface area (Å²) in [6, 6.07) is 16.0. The van der Waals surface area contributed by atoms with E-state index in [-0.39, 0.29) is 29.9 Å². The van der Waals surface area contributed by atoms with Crippen molar-refractivity contribution in [1.29, 1.82) is 0 Å². The van der Waals surface area contributed by atoms with Crippen LogP contribution in [0.25, 0.3) is 0 Å². The van der Waals surface area contributed by atoms with Crippen LogP contribution in [0.5, 0.6) is 11.5 Å². The number of hydrogen-bond acceptors (Lipinski definition) is 6. The number of rotatable bonds is 6. The van der Waals surface area contributed by atoms with Gasteiger partial charge in [-0.3, -0.25) is 14.5 Å². The number of hydrogen-bond donors (Lipinski definition) is 3. The van der Waals surface area contributed by atoms with E-state index in [1.165, 1.54) is 18.7 Å².